The number of methoxy groups -OCH3 is 1. The van der Waals surface area contributed by atoms with Gasteiger partial charge in [0.1, 0.15) is 11.5 Å². The number of rotatable bonds is 5. The molecule has 0 saturated carbocycles. The predicted molar refractivity (Wildman–Crippen MR) is 84.0 cm³/mol. The van der Waals surface area contributed by atoms with Gasteiger partial charge in [0.05, 0.1) is 25.3 Å². The molecule has 5 heteroatoms. The number of amides is 1. The zero-order valence-corrected chi connectivity index (χ0v) is 13.7. The van der Waals surface area contributed by atoms with Crippen molar-refractivity contribution >= 4 is 5.91 Å². The van der Waals surface area contributed by atoms with E-state index in [-0.39, 0.29) is 18.4 Å². The van der Waals surface area contributed by atoms with E-state index in [9.17, 15) is 4.79 Å². The standard InChI is InChI=1S/C17H22N2O3/c1-10-6-7-16(21-5)15(8-10)11(2)18-17(20)9-14-12(3)19-22-13(14)4/h6-8,11H,9H2,1-5H3,(H,18,20)/t11-/m0/s1. The first-order valence-electron chi connectivity index (χ1n) is 7.28. The van der Waals surface area contributed by atoms with Crippen LogP contribution in [0.5, 0.6) is 5.75 Å². The summed E-state index contributed by atoms with van der Waals surface area (Å²) in [7, 11) is 1.63. The van der Waals surface area contributed by atoms with Crippen LogP contribution in [0.2, 0.25) is 0 Å². The first-order chi connectivity index (χ1) is 10.4. The smallest absolute Gasteiger partial charge is 0.225 e. The van der Waals surface area contributed by atoms with E-state index in [2.05, 4.69) is 10.5 Å². The van der Waals surface area contributed by atoms with Gasteiger partial charge in [0.15, 0.2) is 0 Å². The Balaban J connectivity index is 2.10. The van der Waals surface area contributed by atoms with Crippen molar-refractivity contribution in [3.8, 4) is 5.75 Å². The van der Waals surface area contributed by atoms with E-state index in [0.717, 1.165) is 28.1 Å². The summed E-state index contributed by atoms with van der Waals surface area (Å²) in [5.74, 6) is 1.40. The second-order valence-corrected chi connectivity index (χ2v) is 5.51. The number of nitrogens with zero attached hydrogens (tertiary/aromatic N) is 1. The molecule has 5 nitrogen and oxygen atoms in total. The molecule has 0 unspecified atom stereocenters. The number of hydrogen-bond donors (Lipinski definition) is 1. The van der Waals surface area contributed by atoms with Crippen LogP contribution in [0.1, 0.15) is 41.1 Å². The number of ether oxygens (including phenoxy) is 1. The minimum absolute atomic E-state index is 0.0644. The Morgan fingerprint density at radius 2 is 2.09 bits per heavy atom. The lowest BCUT2D eigenvalue weighted by atomic mass is 10.0. The second kappa shape index (κ2) is 6.64. The van der Waals surface area contributed by atoms with Crippen molar-refractivity contribution in [3.63, 3.8) is 0 Å². The van der Waals surface area contributed by atoms with Gasteiger partial charge >= 0.3 is 0 Å². The largest absolute Gasteiger partial charge is 0.496 e. The van der Waals surface area contributed by atoms with E-state index in [0.29, 0.717) is 5.76 Å². The molecule has 1 N–H and O–H groups in total. The summed E-state index contributed by atoms with van der Waals surface area (Å²) in [6, 6.07) is 5.80. The molecule has 2 rings (SSSR count). The quantitative estimate of drug-likeness (QED) is 0.922. The maximum atomic E-state index is 12.3. The predicted octanol–water partition coefficient (Wildman–Crippen LogP) is 3.03. The van der Waals surface area contributed by atoms with Gasteiger partial charge in [-0.05, 0) is 33.8 Å². The van der Waals surface area contributed by atoms with E-state index in [1.54, 1.807) is 7.11 Å². The first kappa shape index (κ1) is 16.1. The Kier molecular flexibility index (Phi) is 4.85. The van der Waals surface area contributed by atoms with Crippen molar-refractivity contribution in [2.24, 2.45) is 0 Å². The highest BCUT2D eigenvalue weighted by molar-refractivity contribution is 5.79. The molecular formula is C17H22N2O3. The lowest BCUT2D eigenvalue weighted by Crippen LogP contribution is -2.28. The van der Waals surface area contributed by atoms with Crippen LogP contribution in [0.3, 0.4) is 0 Å². The van der Waals surface area contributed by atoms with Gasteiger partial charge in [-0.3, -0.25) is 4.79 Å². The molecule has 0 aliphatic rings. The van der Waals surface area contributed by atoms with Gasteiger partial charge in [-0.25, -0.2) is 0 Å². The maximum Gasteiger partial charge on any atom is 0.225 e. The maximum absolute atomic E-state index is 12.3. The molecule has 0 bridgehead atoms. The first-order valence-corrected chi connectivity index (χ1v) is 7.28. The van der Waals surface area contributed by atoms with Crippen LogP contribution in [0.25, 0.3) is 0 Å². The molecule has 0 aliphatic carbocycles. The molecule has 0 saturated heterocycles. The summed E-state index contributed by atoms with van der Waals surface area (Å²) in [5, 5.41) is 6.87. The lowest BCUT2D eigenvalue weighted by Gasteiger charge is -2.18. The number of carbonyl (C=O) groups is 1. The summed E-state index contributed by atoms with van der Waals surface area (Å²) in [6.45, 7) is 7.62. The third kappa shape index (κ3) is 3.47. The fourth-order valence-corrected chi connectivity index (χ4v) is 2.48. The normalized spacial score (nSPS) is 12.0. The van der Waals surface area contributed by atoms with Crippen molar-refractivity contribution in [1.29, 1.82) is 0 Å². The van der Waals surface area contributed by atoms with Crippen LogP contribution in [-0.4, -0.2) is 18.2 Å². The van der Waals surface area contributed by atoms with E-state index in [4.69, 9.17) is 9.26 Å². The molecule has 0 spiro atoms. The summed E-state index contributed by atoms with van der Waals surface area (Å²) in [5.41, 5.74) is 3.70. The molecule has 1 amide bonds. The monoisotopic (exact) mass is 302 g/mol. The summed E-state index contributed by atoms with van der Waals surface area (Å²) >= 11 is 0. The Morgan fingerprint density at radius 3 is 2.68 bits per heavy atom. The lowest BCUT2D eigenvalue weighted by molar-refractivity contribution is -0.121. The van der Waals surface area contributed by atoms with Crippen molar-refractivity contribution in [3.05, 3.63) is 46.3 Å². The molecule has 0 aliphatic heterocycles. The zero-order valence-electron chi connectivity index (χ0n) is 13.7. The van der Waals surface area contributed by atoms with Crippen molar-refractivity contribution in [2.75, 3.05) is 7.11 Å². The van der Waals surface area contributed by atoms with Crippen LogP contribution in [-0.2, 0) is 11.2 Å². The van der Waals surface area contributed by atoms with Crippen LogP contribution in [0, 0.1) is 20.8 Å². The third-order valence-corrected chi connectivity index (χ3v) is 3.75. The van der Waals surface area contributed by atoms with Gasteiger partial charge < -0.3 is 14.6 Å². The fourth-order valence-electron chi connectivity index (χ4n) is 2.48. The molecule has 2 aromatic rings. The van der Waals surface area contributed by atoms with Gasteiger partial charge in [-0.15, -0.1) is 0 Å². The number of aromatic nitrogens is 1. The van der Waals surface area contributed by atoms with Crippen molar-refractivity contribution in [1.82, 2.24) is 10.5 Å². The summed E-state index contributed by atoms with van der Waals surface area (Å²) < 4.78 is 10.5. The second-order valence-electron chi connectivity index (χ2n) is 5.51. The number of benzene rings is 1. The molecule has 1 aromatic heterocycles. The molecular weight excluding hydrogens is 280 g/mol. The Hall–Kier alpha value is -2.30. The minimum Gasteiger partial charge on any atom is -0.496 e. The van der Waals surface area contributed by atoms with Gasteiger partial charge in [0.2, 0.25) is 5.91 Å². The van der Waals surface area contributed by atoms with Gasteiger partial charge in [0.25, 0.3) is 0 Å². The molecule has 0 radical (unpaired) electrons. The molecule has 1 heterocycles. The SMILES string of the molecule is COc1ccc(C)cc1[C@H](C)NC(=O)Cc1c(C)noc1C. The van der Waals surface area contributed by atoms with Crippen LogP contribution in [0.4, 0.5) is 0 Å². The van der Waals surface area contributed by atoms with Crippen molar-refractivity contribution < 1.29 is 14.1 Å². The fraction of sp³-hybridized carbons (Fsp3) is 0.412. The molecule has 1 aromatic carbocycles. The Labute approximate surface area is 130 Å². The summed E-state index contributed by atoms with van der Waals surface area (Å²) in [6.07, 6.45) is 0.264. The highest BCUT2D eigenvalue weighted by Gasteiger charge is 2.17. The van der Waals surface area contributed by atoms with Crippen LogP contribution < -0.4 is 10.1 Å². The number of hydrogen-bond acceptors (Lipinski definition) is 4. The van der Waals surface area contributed by atoms with E-state index >= 15 is 0 Å². The van der Waals surface area contributed by atoms with Gasteiger partial charge in [-0.2, -0.15) is 0 Å². The number of nitrogens with one attached hydrogen (secondary N) is 1. The third-order valence-electron chi connectivity index (χ3n) is 3.75. The van der Waals surface area contributed by atoms with Crippen LogP contribution >= 0.6 is 0 Å². The van der Waals surface area contributed by atoms with Gasteiger partial charge in [-0.1, -0.05) is 22.9 Å². The summed E-state index contributed by atoms with van der Waals surface area (Å²) in [4.78, 5) is 12.3. The van der Waals surface area contributed by atoms with Gasteiger partial charge in [0, 0.05) is 11.1 Å². The number of aryl methyl sites for hydroxylation is 3. The molecule has 0 fully saturated rings. The van der Waals surface area contributed by atoms with E-state index in [1.807, 2.05) is 45.9 Å². The average molecular weight is 302 g/mol. The van der Waals surface area contributed by atoms with E-state index in [1.165, 1.54) is 0 Å². The molecule has 118 valence electrons. The number of carbonyl (C=O) groups excluding carboxylic acids is 1. The highest BCUT2D eigenvalue weighted by atomic mass is 16.5. The highest BCUT2D eigenvalue weighted by Crippen LogP contribution is 2.26. The van der Waals surface area contributed by atoms with E-state index < -0.39 is 0 Å². The minimum atomic E-state index is -0.136. The molecule has 1 atom stereocenters. The molecule has 22 heavy (non-hydrogen) atoms. The Morgan fingerprint density at radius 1 is 1.36 bits per heavy atom. The zero-order chi connectivity index (χ0) is 16.3. The average Bonchev–Trinajstić information content (AvgIpc) is 2.79. The topological polar surface area (TPSA) is 64.4 Å². The van der Waals surface area contributed by atoms with Crippen LogP contribution in [0.15, 0.2) is 22.7 Å². The Bertz CT molecular complexity index is 657. The van der Waals surface area contributed by atoms with Crippen molar-refractivity contribution in [2.45, 2.75) is 40.2 Å².